The lowest BCUT2D eigenvalue weighted by Crippen LogP contribution is -2.31. The highest BCUT2D eigenvalue weighted by atomic mass is 16.5. The number of rotatable bonds is 6. The molecule has 4 bridgehead atoms. The zero-order valence-corrected chi connectivity index (χ0v) is 26.3. The molecule has 48 heavy (non-hydrogen) atoms. The highest BCUT2D eigenvalue weighted by Gasteiger charge is 2.23. The summed E-state index contributed by atoms with van der Waals surface area (Å²) in [4.78, 5) is 25.9. The van der Waals surface area contributed by atoms with Gasteiger partial charge in [-0.15, -0.1) is 0 Å². The lowest BCUT2D eigenvalue weighted by molar-refractivity contribution is -0.0589. The van der Waals surface area contributed by atoms with Crippen molar-refractivity contribution in [3.63, 3.8) is 0 Å². The second kappa shape index (κ2) is 12.9. The van der Waals surface area contributed by atoms with Crippen LogP contribution in [0.15, 0.2) is 97.3 Å². The SMILES string of the molecule is O=C(O)c1ccc2nc(Cc3ccc4cc3OCCCc3cc(-c5cccnc5)ccc3COc3cccc-4n3)n(C[C@@H]3CCO3)c2c1. The smallest absolute Gasteiger partial charge is 0.335 e. The van der Waals surface area contributed by atoms with Gasteiger partial charge in [-0.1, -0.05) is 42.5 Å². The number of ether oxygens (including phenoxy) is 3. The van der Waals surface area contributed by atoms with Crippen LogP contribution in [0.4, 0.5) is 0 Å². The lowest BCUT2D eigenvalue weighted by Gasteiger charge is -2.27. The molecule has 0 spiro atoms. The Morgan fingerprint density at radius 3 is 2.62 bits per heavy atom. The zero-order chi connectivity index (χ0) is 32.5. The number of imidazole rings is 1. The highest BCUT2D eigenvalue weighted by molar-refractivity contribution is 5.92. The molecule has 0 unspecified atom stereocenters. The van der Waals surface area contributed by atoms with E-state index in [0.717, 1.165) is 82.0 Å². The average molecular weight is 639 g/mol. The number of hydrogen-bond donors (Lipinski definition) is 1. The van der Waals surface area contributed by atoms with E-state index in [1.54, 1.807) is 24.4 Å². The van der Waals surface area contributed by atoms with Crippen LogP contribution in [0.1, 0.15) is 45.7 Å². The minimum atomic E-state index is -0.962. The van der Waals surface area contributed by atoms with Gasteiger partial charge >= 0.3 is 5.97 Å². The van der Waals surface area contributed by atoms with Crippen LogP contribution in [-0.2, 0) is 30.7 Å². The molecule has 3 aromatic carbocycles. The molecule has 1 saturated heterocycles. The fraction of sp³-hybridized carbons (Fsp3) is 0.231. The molecular weight excluding hydrogens is 604 g/mol. The van der Waals surface area contributed by atoms with Gasteiger partial charge in [0.1, 0.15) is 18.2 Å². The molecule has 1 fully saturated rings. The maximum atomic E-state index is 11.8. The van der Waals surface area contributed by atoms with Crippen molar-refractivity contribution in [1.82, 2.24) is 19.5 Å². The molecule has 6 aromatic rings. The van der Waals surface area contributed by atoms with E-state index in [9.17, 15) is 9.90 Å². The number of nitrogens with zero attached hydrogens (tertiary/aromatic N) is 4. The van der Waals surface area contributed by atoms with Gasteiger partial charge in [0.15, 0.2) is 0 Å². The molecule has 0 amide bonds. The monoisotopic (exact) mass is 638 g/mol. The van der Waals surface area contributed by atoms with Crippen molar-refractivity contribution < 1.29 is 24.1 Å². The number of carboxylic acid groups (broad SMARTS) is 1. The first-order valence-electron chi connectivity index (χ1n) is 16.3. The van der Waals surface area contributed by atoms with Crippen LogP contribution in [0.5, 0.6) is 11.6 Å². The number of aryl methyl sites for hydroxylation is 1. The molecule has 8 rings (SSSR count). The predicted molar refractivity (Wildman–Crippen MR) is 181 cm³/mol. The lowest BCUT2D eigenvalue weighted by atomic mass is 9.97. The van der Waals surface area contributed by atoms with Gasteiger partial charge in [-0.2, -0.15) is 0 Å². The summed E-state index contributed by atoms with van der Waals surface area (Å²) in [5.41, 5.74) is 9.00. The number of hydrogen-bond acceptors (Lipinski definition) is 7. The van der Waals surface area contributed by atoms with Crippen LogP contribution in [0.3, 0.4) is 0 Å². The molecule has 2 aliphatic rings. The summed E-state index contributed by atoms with van der Waals surface area (Å²) in [5, 5.41) is 9.66. The molecule has 0 aliphatic carbocycles. The van der Waals surface area contributed by atoms with Crippen LogP contribution < -0.4 is 9.47 Å². The van der Waals surface area contributed by atoms with Gasteiger partial charge in [0.25, 0.3) is 0 Å². The summed E-state index contributed by atoms with van der Waals surface area (Å²) in [6.45, 7) is 2.29. The number of fused-ring (bicyclic) bond motifs is 7. The molecular formula is C39H34N4O5. The number of carboxylic acids is 1. The van der Waals surface area contributed by atoms with Gasteiger partial charge in [-0.05, 0) is 77.9 Å². The molecule has 1 atom stereocenters. The van der Waals surface area contributed by atoms with Crippen molar-refractivity contribution in [3.8, 4) is 34.0 Å². The van der Waals surface area contributed by atoms with Crippen molar-refractivity contribution in [3.05, 3.63) is 125 Å². The minimum absolute atomic E-state index is 0.0772. The van der Waals surface area contributed by atoms with E-state index >= 15 is 0 Å². The molecule has 5 heterocycles. The van der Waals surface area contributed by atoms with Crippen molar-refractivity contribution in [2.75, 3.05) is 13.2 Å². The summed E-state index contributed by atoms with van der Waals surface area (Å²) in [6.07, 6.45) is 6.84. The van der Waals surface area contributed by atoms with E-state index in [1.165, 1.54) is 5.56 Å². The van der Waals surface area contributed by atoms with E-state index in [2.05, 4.69) is 45.9 Å². The van der Waals surface area contributed by atoms with E-state index in [1.807, 2.05) is 36.5 Å². The third kappa shape index (κ3) is 6.12. The van der Waals surface area contributed by atoms with Crippen LogP contribution in [-0.4, -0.2) is 49.9 Å². The number of carbonyl (C=O) groups is 1. The van der Waals surface area contributed by atoms with E-state index in [-0.39, 0.29) is 11.7 Å². The van der Waals surface area contributed by atoms with Gasteiger partial charge < -0.3 is 23.9 Å². The van der Waals surface area contributed by atoms with Gasteiger partial charge in [0.2, 0.25) is 5.88 Å². The predicted octanol–water partition coefficient (Wildman–Crippen LogP) is 7.14. The summed E-state index contributed by atoms with van der Waals surface area (Å²) in [5.74, 6) is 1.20. The molecule has 9 nitrogen and oxygen atoms in total. The Morgan fingerprint density at radius 1 is 0.875 bits per heavy atom. The van der Waals surface area contributed by atoms with E-state index in [4.69, 9.17) is 24.2 Å². The Morgan fingerprint density at radius 2 is 1.79 bits per heavy atom. The molecule has 2 aliphatic heterocycles. The fourth-order valence-corrected chi connectivity index (χ4v) is 6.41. The normalized spacial score (nSPS) is 15.8. The molecule has 1 N–H and O–H groups in total. The second-order valence-electron chi connectivity index (χ2n) is 12.3. The number of aromatic nitrogens is 4. The van der Waals surface area contributed by atoms with Gasteiger partial charge in [0.05, 0.1) is 41.5 Å². The Hall–Kier alpha value is -5.54. The second-order valence-corrected chi connectivity index (χ2v) is 12.3. The molecule has 3 aromatic heterocycles. The third-order valence-electron chi connectivity index (χ3n) is 9.11. The molecule has 240 valence electrons. The van der Waals surface area contributed by atoms with Crippen molar-refractivity contribution >= 4 is 17.0 Å². The first-order chi connectivity index (χ1) is 23.6. The first-order valence-corrected chi connectivity index (χ1v) is 16.3. The van der Waals surface area contributed by atoms with E-state index in [0.29, 0.717) is 32.1 Å². The van der Waals surface area contributed by atoms with Gasteiger partial charge in [0, 0.05) is 42.6 Å². The van der Waals surface area contributed by atoms with Gasteiger partial charge in [-0.25, -0.2) is 14.8 Å². The minimum Gasteiger partial charge on any atom is -0.493 e. The van der Waals surface area contributed by atoms with Crippen molar-refractivity contribution in [2.24, 2.45) is 0 Å². The Bertz CT molecular complexity index is 2120. The molecule has 9 heteroatoms. The summed E-state index contributed by atoms with van der Waals surface area (Å²) < 4.78 is 20.7. The number of benzene rings is 3. The Balaban J connectivity index is 1.14. The summed E-state index contributed by atoms with van der Waals surface area (Å²) in [6, 6.07) is 27.6. The van der Waals surface area contributed by atoms with Crippen LogP contribution >= 0.6 is 0 Å². The molecule has 0 saturated carbocycles. The van der Waals surface area contributed by atoms with E-state index < -0.39 is 5.97 Å². The highest BCUT2D eigenvalue weighted by Crippen LogP contribution is 2.32. The van der Waals surface area contributed by atoms with Crippen LogP contribution in [0.25, 0.3) is 33.4 Å². The van der Waals surface area contributed by atoms with Crippen molar-refractivity contribution in [2.45, 2.75) is 44.9 Å². The average Bonchev–Trinajstić information content (AvgIpc) is 3.44. The Labute approximate surface area is 277 Å². The van der Waals surface area contributed by atoms with Crippen molar-refractivity contribution in [1.29, 1.82) is 0 Å². The summed E-state index contributed by atoms with van der Waals surface area (Å²) >= 11 is 0. The zero-order valence-electron chi connectivity index (χ0n) is 26.3. The van der Waals surface area contributed by atoms with Gasteiger partial charge in [-0.3, -0.25) is 4.98 Å². The van der Waals surface area contributed by atoms with Crippen LogP contribution in [0, 0.1) is 0 Å². The number of aromatic carboxylic acids is 1. The standard InChI is InChI=1S/C39H34N4O5/c44-39(45)29-12-13-34-35(19-29)43(23-32-14-17-46-32)37(41-34)21-28-10-9-27-20-36(28)47-16-3-5-25-18-26(30-4-2-15-40-22-30)8-11-31(25)24-48-38-7-1-6-33(27)42-38/h1-2,4,6-13,15,18-20,22,32H,3,5,14,16-17,21,23-24H2,(H,44,45)/t32-/m0/s1. The van der Waals surface area contributed by atoms with Crippen LogP contribution in [0.2, 0.25) is 0 Å². The largest absolute Gasteiger partial charge is 0.493 e. The fourth-order valence-electron chi connectivity index (χ4n) is 6.41. The third-order valence-corrected chi connectivity index (χ3v) is 9.11. The molecule has 0 radical (unpaired) electrons. The quantitative estimate of drug-likeness (QED) is 0.205. The maximum Gasteiger partial charge on any atom is 0.335 e. The first kappa shape index (κ1) is 29.8. The maximum absolute atomic E-state index is 11.8. The Kier molecular flexibility index (Phi) is 8.03. The number of pyridine rings is 2. The topological polar surface area (TPSA) is 109 Å². The summed E-state index contributed by atoms with van der Waals surface area (Å²) in [7, 11) is 0.